The summed E-state index contributed by atoms with van der Waals surface area (Å²) < 4.78 is 0. The van der Waals surface area contributed by atoms with Crippen LogP contribution < -0.4 is 0 Å². The van der Waals surface area contributed by atoms with E-state index in [1.54, 1.807) is 11.3 Å². The minimum Gasteiger partial charge on any atom is -0.481 e. The number of carbonyl (C=O) groups is 1. The predicted molar refractivity (Wildman–Crippen MR) is 78.5 cm³/mol. The summed E-state index contributed by atoms with van der Waals surface area (Å²) in [5.74, 6) is -0.732. The molecule has 0 bridgehead atoms. The first-order valence-corrected chi connectivity index (χ1v) is 7.13. The van der Waals surface area contributed by atoms with Crippen LogP contribution >= 0.6 is 11.3 Å². The van der Waals surface area contributed by atoms with E-state index in [4.69, 9.17) is 5.11 Å². The van der Waals surface area contributed by atoms with Gasteiger partial charge in [-0.15, -0.1) is 11.3 Å². The van der Waals surface area contributed by atoms with E-state index in [0.29, 0.717) is 6.42 Å². The third kappa shape index (κ3) is 2.61. The average Bonchev–Trinajstić information content (AvgIpc) is 2.70. The molecule has 0 saturated heterocycles. The normalized spacial score (nSPS) is 12.6. The zero-order chi connectivity index (χ0) is 13.2. The molecule has 2 aromatic rings. The van der Waals surface area contributed by atoms with E-state index in [1.807, 2.05) is 0 Å². The van der Waals surface area contributed by atoms with Gasteiger partial charge in [0.2, 0.25) is 0 Å². The minimum absolute atomic E-state index is 0.208. The Bertz CT molecular complexity index is 653. The third-order valence-corrected chi connectivity index (χ3v) is 4.53. The van der Waals surface area contributed by atoms with Crippen LogP contribution in [0.4, 0.5) is 0 Å². The van der Waals surface area contributed by atoms with Crippen LogP contribution in [-0.2, 0) is 17.6 Å². The van der Waals surface area contributed by atoms with Gasteiger partial charge in [-0.05, 0) is 41.7 Å². The molecular formula is C16H14O2S. The highest BCUT2D eigenvalue weighted by Gasteiger charge is 2.13. The van der Waals surface area contributed by atoms with Crippen molar-refractivity contribution in [1.82, 2.24) is 0 Å². The fraction of sp³-hybridized carbons (Fsp3) is 0.188. The molecule has 0 unspecified atom stereocenters. The summed E-state index contributed by atoms with van der Waals surface area (Å²) >= 11 is 1.71. The molecule has 0 spiro atoms. The first-order valence-electron chi connectivity index (χ1n) is 6.32. The number of rotatable bonds is 3. The van der Waals surface area contributed by atoms with Gasteiger partial charge in [0.1, 0.15) is 0 Å². The maximum atomic E-state index is 10.6. The lowest BCUT2D eigenvalue weighted by Crippen LogP contribution is -1.95. The highest BCUT2D eigenvalue weighted by Crippen LogP contribution is 2.31. The molecule has 1 heterocycles. The van der Waals surface area contributed by atoms with Gasteiger partial charge in [-0.1, -0.05) is 30.3 Å². The molecule has 19 heavy (non-hydrogen) atoms. The van der Waals surface area contributed by atoms with Gasteiger partial charge >= 0.3 is 5.97 Å². The lowest BCUT2D eigenvalue weighted by atomic mass is 10.0. The largest absolute Gasteiger partial charge is 0.481 e. The number of benzene rings is 1. The molecule has 1 aliphatic carbocycles. The molecule has 3 heteroatoms. The molecule has 0 atom stereocenters. The van der Waals surface area contributed by atoms with Crippen molar-refractivity contribution in [2.45, 2.75) is 19.3 Å². The number of fused-ring (bicyclic) bond motifs is 2. The fourth-order valence-electron chi connectivity index (χ4n) is 2.36. The van der Waals surface area contributed by atoms with Crippen LogP contribution in [0, 0.1) is 0 Å². The molecule has 0 aliphatic heterocycles. The lowest BCUT2D eigenvalue weighted by Gasteiger charge is -2.02. The zero-order valence-corrected chi connectivity index (χ0v) is 11.2. The molecule has 1 N–H and O–H groups in total. The number of aryl methyl sites for hydroxylation is 1. The van der Waals surface area contributed by atoms with Crippen LogP contribution in [0.1, 0.15) is 32.9 Å². The summed E-state index contributed by atoms with van der Waals surface area (Å²) in [4.78, 5) is 13.0. The van der Waals surface area contributed by atoms with Crippen LogP contribution in [0.15, 0.2) is 30.3 Å². The van der Waals surface area contributed by atoms with Crippen molar-refractivity contribution in [2.24, 2.45) is 0 Å². The predicted octanol–water partition coefficient (Wildman–Crippen LogP) is 3.84. The molecule has 2 nitrogen and oxygen atoms in total. The average molecular weight is 270 g/mol. The van der Waals surface area contributed by atoms with Gasteiger partial charge in [0.05, 0.1) is 6.42 Å². The second-order valence-corrected chi connectivity index (χ2v) is 5.87. The van der Waals surface area contributed by atoms with Crippen molar-refractivity contribution in [2.75, 3.05) is 0 Å². The minimum atomic E-state index is -0.732. The molecule has 0 saturated carbocycles. The lowest BCUT2D eigenvalue weighted by molar-refractivity contribution is -0.136. The Morgan fingerprint density at radius 3 is 2.89 bits per heavy atom. The molecule has 96 valence electrons. The summed E-state index contributed by atoms with van der Waals surface area (Å²) in [6.45, 7) is 0. The standard InChI is InChI=1S/C16H14O2S/c17-16(18)8-6-14-10-13-9-12-4-2-1-3-11(12)5-7-15(13)19-14/h1-5,7,10H,6,8-9H2,(H,17,18). The first kappa shape index (κ1) is 12.2. The molecule has 0 fully saturated rings. The van der Waals surface area contributed by atoms with Gasteiger partial charge in [-0.3, -0.25) is 4.79 Å². The number of hydrogen-bond donors (Lipinski definition) is 1. The highest BCUT2D eigenvalue weighted by molar-refractivity contribution is 7.13. The number of hydrogen-bond acceptors (Lipinski definition) is 2. The van der Waals surface area contributed by atoms with Crippen molar-refractivity contribution in [1.29, 1.82) is 0 Å². The van der Waals surface area contributed by atoms with Gasteiger partial charge in [-0.25, -0.2) is 0 Å². The smallest absolute Gasteiger partial charge is 0.303 e. The SMILES string of the molecule is O=C(O)CCc1cc2c(s1)C=Cc1ccccc1C2. The number of carboxylic acids is 1. The summed E-state index contributed by atoms with van der Waals surface area (Å²) in [5.41, 5.74) is 3.92. The second kappa shape index (κ2) is 5.02. The van der Waals surface area contributed by atoms with Gasteiger partial charge in [0.15, 0.2) is 0 Å². The maximum absolute atomic E-state index is 10.6. The number of carboxylic acid groups (broad SMARTS) is 1. The molecule has 0 amide bonds. The van der Waals surface area contributed by atoms with E-state index < -0.39 is 5.97 Å². The molecule has 0 radical (unpaired) electrons. The van der Waals surface area contributed by atoms with Gasteiger partial charge in [0, 0.05) is 9.75 Å². The van der Waals surface area contributed by atoms with Crippen LogP contribution in [0.25, 0.3) is 12.2 Å². The van der Waals surface area contributed by atoms with Crippen molar-refractivity contribution >= 4 is 29.5 Å². The Hall–Kier alpha value is -1.87. The highest BCUT2D eigenvalue weighted by atomic mass is 32.1. The summed E-state index contributed by atoms with van der Waals surface area (Å²) in [7, 11) is 0. The molecule has 1 aliphatic rings. The summed E-state index contributed by atoms with van der Waals surface area (Å²) in [6.07, 6.45) is 6.07. The Morgan fingerprint density at radius 2 is 2.05 bits per heavy atom. The Labute approximate surface area is 116 Å². The topological polar surface area (TPSA) is 37.3 Å². The quantitative estimate of drug-likeness (QED) is 0.785. The van der Waals surface area contributed by atoms with Gasteiger partial charge in [-0.2, -0.15) is 0 Å². The van der Waals surface area contributed by atoms with E-state index >= 15 is 0 Å². The van der Waals surface area contributed by atoms with Gasteiger partial charge in [0.25, 0.3) is 0 Å². The summed E-state index contributed by atoms with van der Waals surface area (Å²) in [5, 5.41) is 8.74. The third-order valence-electron chi connectivity index (χ3n) is 3.33. The molecule has 1 aromatic heterocycles. The van der Waals surface area contributed by atoms with E-state index in [9.17, 15) is 4.79 Å². The number of aliphatic carboxylic acids is 1. The van der Waals surface area contributed by atoms with Crippen molar-refractivity contribution in [3.05, 3.63) is 56.8 Å². The van der Waals surface area contributed by atoms with Crippen molar-refractivity contribution < 1.29 is 9.90 Å². The Morgan fingerprint density at radius 1 is 1.21 bits per heavy atom. The van der Waals surface area contributed by atoms with E-state index in [1.165, 1.54) is 21.6 Å². The van der Waals surface area contributed by atoms with Crippen molar-refractivity contribution in [3.8, 4) is 0 Å². The molecule has 3 rings (SSSR count). The summed E-state index contributed by atoms with van der Waals surface area (Å²) in [6, 6.07) is 10.6. The van der Waals surface area contributed by atoms with Crippen molar-refractivity contribution in [3.63, 3.8) is 0 Å². The Balaban J connectivity index is 1.89. The molecule has 1 aromatic carbocycles. The van der Waals surface area contributed by atoms with Crippen LogP contribution in [0.3, 0.4) is 0 Å². The van der Waals surface area contributed by atoms with Crippen LogP contribution in [0.5, 0.6) is 0 Å². The molecular weight excluding hydrogens is 256 g/mol. The van der Waals surface area contributed by atoms with E-state index in [-0.39, 0.29) is 6.42 Å². The van der Waals surface area contributed by atoms with Crippen LogP contribution in [0.2, 0.25) is 0 Å². The van der Waals surface area contributed by atoms with E-state index in [2.05, 4.69) is 42.5 Å². The van der Waals surface area contributed by atoms with Crippen LogP contribution in [-0.4, -0.2) is 11.1 Å². The van der Waals surface area contributed by atoms with E-state index in [0.717, 1.165) is 11.3 Å². The van der Waals surface area contributed by atoms with Gasteiger partial charge < -0.3 is 5.11 Å². The monoisotopic (exact) mass is 270 g/mol. The first-order chi connectivity index (χ1) is 9.22. The Kier molecular flexibility index (Phi) is 3.22. The zero-order valence-electron chi connectivity index (χ0n) is 10.4. The number of thiophene rings is 1. The fourth-order valence-corrected chi connectivity index (χ4v) is 3.45. The second-order valence-electron chi connectivity index (χ2n) is 4.70. The maximum Gasteiger partial charge on any atom is 0.303 e.